The van der Waals surface area contributed by atoms with Crippen LogP contribution in [0.1, 0.15) is 79.4 Å². The molecule has 0 spiro atoms. The molecule has 1 aromatic rings. The number of carbonyl (C=O) groups is 2. The molecule has 0 heterocycles. The van der Waals surface area contributed by atoms with Crippen molar-refractivity contribution < 1.29 is 19.4 Å². The Labute approximate surface area is 166 Å². The van der Waals surface area contributed by atoms with Crippen molar-refractivity contribution in [1.29, 1.82) is 0 Å². The third kappa shape index (κ3) is 14.1. The van der Waals surface area contributed by atoms with E-state index in [1.165, 1.54) is 12.0 Å². The molecule has 0 bridgehead atoms. The molecule has 0 aliphatic rings. The largest absolute Gasteiger partial charge is 0.394 e. The maximum atomic E-state index is 11.7. The van der Waals surface area contributed by atoms with Crippen LogP contribution < -0.4 is 5.73 Å². The van der Waals surface area contributed by atoms with Gasteiger partial charge in [0.05, 0.1) is 6.61 Å². The molecule has 0 aliphatic heterocycles. The van der Waals surface area contributed by atoms with E-state index in [1.54, 1.807) is 0 Å². The topological polar surface area (TPSA) is 89.6 Å². The van der Waals surface area contributed by atoms with Gasteiger partial charge in [0.1, 0.15) is 5.54 Å². The molecule has 5 heteroatoms. The summed E-state index contributed by atoms with van der Waals surface area (Å²) in [5.74, 6) is -1.62. The van der Waals surface area contributed by atoms with Gasteiger partial charge in [0.2, 0.25) is 0 Å². The maximum absolute atomic E-state index is 11.7. The molecule has 3 N–H and O–H groups in total. The van der Waals surface area contributed by atoms with E-state index in [1.807, 2.05) is 52.0 Å². The van der Waals surface area contributed by atoms with Gasteiger partial charge in [0.15, 0.2) is 0 Å². The molecule has 0 saturated heterocycles. The third-order valence-corrected chi connectivity index (χ3v) is 3.22. The summed E-state index contributed by atoms with van der Waals surface area (Å²) in [6, 6.07) is 7.96. The van der Waals surface area contributed by atoms with E-state index in [9.17, 15) is 14.7 Å². The highest BCUT2D eigenvalue weighted by Gasteiger charge is 2.35. The number of benzene rings is 1. The lowest BCUT2D eigenvalue weighted by Crippen LogP contribution is -2.53. The van der Waals surface area contributed by atoms with Crippen molar-refractivity contribution in [3.8, 4) is 0 Å². The second kappa shape index (κ2) is 19.1. The van der Waals surface area contributed by atoms with Crippen LogP contribution in [-0.2, 0) is 27.2 Å². The molecule has 1 rings (SSSR count). The van der Waals surface area contributed by atoms with Crippen LogP contribution in [-0.4, -0.2) is 29.2 Å². The number of carbonyl (C=O) groups excluding carboxylic acids is 2. The summed E-state index contributed by atoms with van der Waals surface area (Å²) in [5, 5.41) is 9.29. The minimum atomic E-state index is -1.55. The second-order valence-corrected chi connectivity index (χ2v) is 5.57. The summed E-state index contributed by atoms with van der Waals surface area (Å²) in [6.07, 6.45) is 2.94. The first-order valence-electron chi connectivity index (χ1n) is 10.0. The maximum Gasteiger partial charge on any atom is 0.336 e. The third-order valence-electron chi connectivity index (χ3n) is 3.22. The molecule has 0 aliphatic carbocycles. The summed E-state index contributed by atoms with van der Waals surface area (Å²) in [6.45, 7) is 14.9. The van der Waals surface area contributed by atoms with Gasteiger partial charge in [0, 0.05) is 6.92 Å². The predicted octanol–water partition coefficient (Wildman–Crippen LogP) is 4.43. The van der Waals surface area contributed by atoms with E-state index < -0.39 is 24.1 Å². The van der Waals surface area contributed by atoms with Crippen LogP contribution in [0.25, 0.3) is 0 Å². The highest BCUT2D eigenvalue weighted by Crippen LogP contribution is 2.15. The minimum Gasteiger partial charge on any atom is -0.394 e. The number of nitrogens with two attached hydrogens (primary N) is 1. The number of rotatable bonds is 6. The van der Waals surface area contributed by atoms with Crippen molar-refractivity contribution in [2.45, 2.75) is 86.6 Å². The average molecular weight is 384 g/mol. The molecule has 0 aromatic heterocycles. The van der Waals surface area contributed by atoms with Crippen molar-refractivity contribution in [3.63, 3.8) is 0 Å². The van der Waals surface area contributed by atoms with Crippen LogP contribution in [0, 0.1) is 0 Å². The summed E-state index contributed by atoms with van der Waals surface area (Å²) in [7, 11) is 0. The first-order valence-corrected chi connectivity index (χ1v) is 10.0. The predicted molar refractivity (Wildman–Crippen MR) is 114 cm³/mol. The van der Waals surface area contributed by atoms with E-state index in [4.69, 9.17) is 5.73 Å². The first kappa shape index (κ1) is 30.0. The molecule has 1 atom stereocenters. The van der Waals surface area contributed by atoms with Gasteiger partial charge in [-0.15, -0.1) is 0 Å². The fraction of sp³-hybridized carbons (Fsp3) is 0.636. The molecule has 1 aromatic carbocycles. The van der Waals surface area contributed by atoms with Crippen LogP contribution in [0.3, 0.4) is 0 Å². The van der Waals surface area contributed by atoms with Crippen molar-refractivity contribution >= 4 is 11.9 Å². The summed E-state index contributed by atoms with van der Waals surface area (Å²) in [4.78, 5) is 22.5. The molecule has 5 nitrogen and oxygen atoms in total. The smallest absolute Gasteiger partial charge is 0.336 e. The number of ether oxygens (including phenoxy) is 1. The zero-order valence-electron chi connectivity index (χ0n) is 18.6. The Morgan fingerprint density at radius 3 is 1.74 bits per heavy atom. The van der Waals surface area contributed by atoms with Gasteiger partial charge in [-0.2, -0.15) is 0 Å². The quantitative estimate of drug-likeness (QED) is 0.560. The van der Waals surface area contributed by atoms with Gasteiger partial charge < -0.3 is 15.6 Å². The number of aliphatic hydroxyl groups excluding tert-OH is 1. The van der Waals surface area contributed by atoms with Crippen LogP contribution in [0.4, 0.5) is 0 Å². The Kier molecular flexibility index (Phi) is 21.2. The van der Waals surface area contributed by atoms with Gasteiger partial charge in [-0.05, 0) is 30.4 Å². The summed E-state index contributed by atoms with van der Waals surface area (Å²) in [5.41, 5.74) is 6.51. The zero-order chi connectivity index (χ0) is 21.9. The van der Waals surface area contributed by atoms with Crippen molar-refractivity contribution in [2.75, 3.05) is 6.61 Å². The van der Waals surface area contributed by atoms with Gasteiger partial charge in [-0.25, -0.2) is 4.79 Å². The Hall–Kier alpha value is -1.72. The van der Waals surface area contributed by atoms with Crippen molar-refractivity contribution in [3.05, 3.63) is 35.4 Å². The van der Waals surface area contributed by atoms with E-state index in [0.717, 1.165) is 18.9 Å². The molecule has 0 saturated carbocycles. The molecule has 27 heavy (non-hydrogen) atoms. The number of aliphatic hydroxyl groups is 1. The van der Waals surface area contributed by atoms with Crippen molar-refractivity contribution in [2.24, 2.45) is 5.73 Å². The van der Waals surface area contributed by atoms with Gasteiger partial charge in [-0.3, -0.25) is 4.79 Å². The normalized spacial score (nSPS) is 11.2. The highest BCUT2D eigenvalue weighted by molar-refractivity contribution is 5.90. The van der Waals surface area contributed by atoms with Crippen molar-refractivity contribution in [1.82, 2.24) is 0 Å². The lowest BCUT2D eigenvalue weighted by Gasteiger charge is -2.24. The number of aryl methyl sites for hydroxylation is 2. The van der Waals surface area contributed by atoms with Crippen LogP contribution in [0.2, 0.25) is 0 Å². The lowest BCUT2D eigenvalue weighted by atomic mass is 9.93. The molecule has 0 radical (unpaired) electrons. The SMILES string of the molecule is CC.CC.CCC.CCc1ccc(CCC(N)(CO)C(=O)OC(C)=O)cc1. The summed E-state index contributed by atoms with van der Waals surface area (Å²) < 4.78 is 4.47. The summed E-state index contributed by atoms with van der Waals surface area (Å²) >= 11 is 0. The van der Waals surface area contributed by atoms with E-state index in [-0.39, 0.29) is 6.42 Å². The second-order valence-electron chi connectivity index (χ2n) is 5.57. The number of hydrogen-bond acceptors (Lipinski definition) is 5. The monoisotopic (exact) mass is 383 g/mol. The van der Waals surface area contributed by atoms with E-state index in [2.05, 4.69) is 25.5 Å². The fourth-order valence-electron chi connectivity index (χ4n) is 1.79. The number of esters is 2. The molecule has 158 valence electrons. The Bertz CT molecular complexity index is 486. The first-order chi connectivity index (χ1) is 12.8. The van der Waals surface area contributed by atoms with Crippen LogP contribution in [0.5, 0.6) is 0 Å². The Morgan fingerprint density at radius 2 is 1.41 bits per heavy atom. The highest BCUT2D eigenvalue weighted by atomic mass is 16.6. The molecule has 0 amide bonds. The zero-order valence-corrected chi connectivity index (χ0v) is 18.6. The van der Waals surface area contributed by atoms with E-state index >= 15 is 0 Å². The van der Waals surface area contributed by atoms with Gasteiger partial charge in [-0.1, -0.05) is 79.2 Å². The Balaban J connectivity index is -0.000000725. The fourth-order valence-corrected chi connectivity index (χ4v) is 1.79. The van der Waals surface area contributed by atoms with Crippen LogP contribution >= 0.6 is 0 Å². The molecule has 0 fully saturated rings. The van der Waals surface area contributed by atoms with Gasteiger partial charge in [0.25, 0.3) is 0 Å². The van der Waals surface area contributed by atoms with Crippen LogP contribution in [0.15, 0.2) is 24.3 Å². The Morgan fingerprint density at radius 1 is 1.00 bits per heavy atom. The van der Waals surface area contributed by atoms with Gasteiger partial charge >= 0.3 is 11.9 Å². The lowest BCUT2D eigenvalue weighted by molar-refractivity contribution is -0.163. The average Bonchev–Trinajstić information content (AvgIpc) is 2.69. The number of hydrogen-bond donors (Lipinski definition) is 2. The molecular weight excluding hydrogens is 342 g/mol. The molecule has 1 unspecified atom stereocenters. The van der Waals surface area contributed by atoms with E-state index in [0.29, 0.717) is 6.42 Å². The standard InChI is InChI=1S/C15H21NO4.C3H8.2C2H6/c1-3-12-4-6-13(7-5-12)8-9-15(16,10-17)14(19)20-11(2)18;1-3-2;2*1-2/h4-7,17H,3,8-10,16H2,1-2H3;3H2,1-2H3;2*1-2H3. The minimum absolute atomic E-state index is 0.209. The molecular formula is C22H41NO4.